The Kier molecular flexibility index (Phi) is 8.84. The van der Waals surface area contributed by atoms with E-state index < -0.39 is 16.8 Å². The van der Waals surface area contributed by atoms with Gasteiger partial charge in [0.1, 0.15) is 10.8 Å². The molecule has 0 saturated heterocycles. The number of aromatic nitrogens is 2. The number of ether oxygens (including phenoxy) is 2. The first kappa shape index (κ1) is 27.6. The maximum absolute atomic E-state index is 12.9. The summed E-state index contributed by atoms with van der Waals surface area (Å²) in [7, 11) is 3.18. The molecular weight excluding hydrogens is 526 g/mol. The van der Waals surface area contributed by atoms with Crippen LogP contribution in [0.2, 0.25) is 5.02 Å². The van der Waals surface area contributed by atoms with Crippen molar-refractivity contribution in [1.82, 2.24) is 14.7 Å². The zero-order chi connectivity index (χ0) is 27.3. The smallest absolute Gasteiger partial charge is 0.341 e. The molecular formula is C23H24ClN5O7S. The van der Waals surface area contributed by atoms with E-state index in [-0.39, 0.29) is 52.0 Å². The molecule has 2 aromatic heterocycles. The zero-order valence-electron chi connectivity index (χ0n) is 20.4. The van der Waals surface area contributed by atoms with Gasteiger partial charge in [-0.25, -0.2) is 9.48 Å². The van der Waals surface area contributed by atoms with Gasteiger partial charge in [0.25, 0.3) is 17.5 Å². The number of amides is 2. The highest BCUT2D eigenvalue weighted by atomic mass is 35.5. The van der Waals surface area contributed by atoms with Gasteiger partial charge in [-0.3, -0.25) is 19.7 Å². The van der Waals surface area contributed by atoms with Crippen LogP contribution in [-0.4, -0.2) is 58.1 Å². The van der Waals surface area contributed by atoms with Crippen LogP contribution in [0.3, 0.4) is 0 Å². The van der Waals surface area contributed by atoms with E-state index in [1.165, 1.54) is 40.0 Å². The van der Waals surface area contributed by atoms with E-state index in [1.54, 1.807) is 21.0 Å². The molecule has 2 heterocycles. The molecule has 0 bridgehead atoms. The molecule has 2 amide bonds. The molecule has 0 aliphatic heterocycles. The summed E-state index contributed by atoms with van der Waals surface area (Å²) in [4.78, 5) is 50.2. The highest BCUT2D eigenvalue weighted by Crippen LogP contribution is 2.35. The second-order valence-electron chi connectivity index (χ2n) is 7.94. The fraction of sp³-hybridized carbons (Fsp3) is 0.304. The summed E-state index contributed by atoms with van der Waals surface area (Å²) in [5.41, 5.74) is 0.386. The molecule has 0 atom stereocenters. The van der Waals surface area contributed by atoms with Gasteiger partial charge in [0.05, 0.1) is 27.0 Å². The van der Waals surface area contributed by atoms with Crippen molar-refractivity contribution in [3.8, 4) is 5.75 Å². The van der Waals surface area contributed by atoms with E-state index in [0.29, 0.717) is 16.9 Å². The zero-order valence-corrected chi connectivity index (χ0v) is 22.0. The number of hydrogen-bond acceptors (Lipinski definition) is 9. The van der Waals surface area contributed by atoms with Crippen LogP contribution in [0.25, 0.3) is 0 Å². The normalized spacial score (nSPS) is 10.6. The molecule has 0 aliphatic rings. The van der Waals surface area contributed by atoms with Gasteiger partial charge >= 0.3 is 5.97 Å². The van der Waals surface area contributed by atoms with Crippen LogP contribution in [0.1, 0.15) is 49.4 Å². The van der Waals surface area contributed by atoms with Crippen molar-refractivity contribution in [3.05, 3.63) is 67.3 Å². The molecule has 0 fully saturated rings. The van der Waals surface area contributed by atoms with Crippen molar-refractivity contribution < 1.29 is 28.8 Å². The second kappa shape index (κ2) is 11.8. The maximum atomic E-state index is 12.9. The van der Waals surface area contributed by atoms with Gasteiger partial charge in [0.2, 0.25) is 0 Å². The Hall–Kier alpha value is -3.97. The van der Waals surface area contributed by atoms with E-state index >= 15 is 0 Å². The summed E-state index contributed by atoms with van der Waals surface area (Å²) < 4.78 is 12.1. The maximum Gasteiger partial charge on any atom is 0.341 e. The van der Waals surface area contributed by atoms with Gasteiger partial charge in [0.15, 0.2) is 12.4 Å². The lowest BCUT2D eigenvalue weighted by molar-refractivity contribution is -0.384. The second-order valence-corrected chi connectivity index (χ2v) is 9.36. The number of nitrogens with one attached hydrogen (secondary N) is 1. The first-order chi connectivity index (χ1) is 17.5. The molecule has 0 radical (unpaired) electrons. The van der Waals surface area contributed by atoms with E-state index in [0.717, 1.165) is 11.3 Å². The third kappa shape index (κ3) is 6.43. The van der Waals surface area contributed by atoms with E-state index in [1.807, 2.05) is 6.92 Å². The predicted octanol–water partition coefficient (Wildman–Crippen LogP) is 4.37. The van der Waals surface area contributed by atoms with Crippen LogP contribution >= 0.6 is 22.9 Å². The number of nitro groups is 1. The molecule has 37 heavy (non-hydrogen) atoms. The van der Waals surface area contributed by atoms with Crippen molar-refractivity contribution in [3.63, 3.8) is 0 Å². The molecule has 0 unspecified atom stereocenters. The lowest BCUT2D eigenvalue weighted by Gasteiger charge is -2.09. The van der Waals surface area contributed by atoms with Gasteiger partial charge in [-0.15, -0.1) is 11.3 Å². The average Bonchev–Trinajstić information content (AvgIpc) is 3.45. The first-order valence-corrected chi connectivity index (χ1v) is 12.2. The van der Waals surface area contributed by atoms with Crippen LogP contribution in [0.15, 0.2) is 30.5 Å². The third-order valence-corrected chi connectivity index (χ3v) is 6.46. The number of hydrogen-bond donors (Lipinski definition) is 1. The van der Waals surface area contributed by atoms with E-state index in [9.17, 15) is 24.5 Å². The van der Waals surface area contributed by atoms with Crippen LogP contribution < -0.4 is 10.1 Å². The highest BCUT2D eigenvalue weighted by Gasteiger charge is 2.28. The minimum atomic E-state index is -0.636. The summed E-state index contributed by atoms with van der Waals surface area (Å²) in [5, 5.41) is 17.9. The predicted molar refractivity (Wildman–Crippen MR) is 137 cm³/mol. The molecule has 196 valence electrons. The molecule has 3 aromatic rings. The van der Waals surface area contributed by atoms with Crippen LogP contribution in [0, 0.1) is 17.0 Å². The summed E-state index contributed by atoms with van der Waals surface area (Å²) in [6.45, 7) is 3.55. The standard InChI is InChI=1S/C23H24ClN5O7S/c1-5-10-35-23(32)18-13(2)19(22(31)27(3)4)37-21(18)25-20(30)16-8-9-28(26-16)12-36-17-7-6-14(29(33)34)11-15(17)24/h6-9,11H,5,10,12H2,1-4H3,(H,25,30). The molecule has 1 N–H and O–H groups in total. The molecule has 1 aromatic carbocycles. The van der Waals surface area contributed by atoms with Crippen molar-refractivity contribution >= 4 is 51.4 Å². The number of carbonyl (C=O) groups excluding carboxylic acids is 3. The van der Waals surface area contributed by atoms with Crippen molar-refractivity contribution in [2.75, 3.05) is 26.0 Å². The summed E-state index contributed by atoms with van der Waals surface area (Å²) in [6.07, 6.45) is 2.11. The Morgan fingerprint density at radius 2 is 2.00 bits per heavy atom. The van der Waals surface area contributed by atoms with Crippen molar-refractivity contribution in [2.45, 2.75) is 27.0 Å². The number of carbonyl (C=O) groups is 3. The Balaban J connectivity index is 1.77. The summed E-state index contributed by atoms with van der Waals surface area (Å²) in [5.74, 6) is -1.35. The van der Waals surface area contributed by atoms with Gasteiger partial charge in [0, 0.05) is 32.4 Å². The van der Waals surface area contributed by atoms with Gasteiger partial charge in [-0.1, -0.05) is 18.5 Å². The lowest BCUT2D eigenvalue weighted by atomic mass is 10.1. The fourth-order valence-electron chi connectivity index (χ4n) is 3.10. The molecule has 12 nitrogen and oxygen atoms in total. The Morgan fingerprint density at radius 1 is 1.27 bits per heavy atom. The van der Waals surface area contributed by atoms with Gasteiger partial charge in [-0.05, 0) is 31.0 Å². The number of rotatable bonds is 10. The third-order valence-electron chi connectivity index (χ3n) is 4.97. The molecule has 0 aliphatic carbocycles. The van der Waals surface area contributed by atoms with E-state index in [4.69, 9.17) is 21.1 Å². The van der Waals surface area contributed by atoms with Crippen LogP contribution in [0.4, 0.5) is 10.7 Å². The Morgan fingerprint density at radius 3 is 2.62 bits per heavy atom. The Labute approximate surface area is 220 Å². The number of halogens is 1. The topological polar surface area (TPSA) is 146 Å². The largest absolute Gasteiger partial charge is 0.470 e. The van der Waals surface area contributed by atoms with Crippen LogP contribution in [-0.2, 0) is 11.5 Å². The minimum absolute atomic E-state index is 0.0258. The number of nitro benzene ring substituents is 1. The fourth-order valence-corrected chi connectivity index (χ4v) is 4.54. The quantitative estimate of drug-likeness (QED) is 0.223. The summed E-state index contributed by atoms with van der Waals surface area (Å²) in [6, 6.07) is 5.23. The number of nitrogens with zero attached hydrogens (tertiary/aromatic N) is 4. The number of anilines is 1. The number of non-ortho nitro benzene ring substituents is 1. The summed E-state index contributed by atoms with van der Waals surface area (Å²) >= 11 is 7.01. The molecule has 0 saturated carbocycles. The highest BCUT2D eigenvalue weighted by molar-refractivity contribution is 7.18. The molecule has 0 spiro atoms. The van der Waals surface area contributed by atoms with Gasteiger partial charge < -0.3 is 19.7 Å². The van der Waals surface area contributed by atoms with Gasteiger partial charge in [-0.2, -0.15) is 5.10 Å². The van der Waals surface area contributed by atoms with Crippen molar-refractivity contribution in [1.29, 1.82) is 0 Å². The van der Waals surface area contributed by atoms with Crippen molar-refractivity contribution in [2.24, 2.45) is 0 Å². The molecule has 3 rings (SSSR count). The SMILES string of the molecule is CCCOC(=O)c1c(NC(=O)c2ccn(COc3ccc([N+](=O)[O-])cc3Cl)n2)sc(C(=O)N(C)C)c1C. The number of thiophene rings is 1. The average molecular weight is 550 g/mol. The first-order valence-electron chi connectivity index (χ1n) is 11.0. The van der Waals surface area contributed by atoms with E-state index in [2.05, 4.69) is 10.4 Å². The Bertz CT molecular complexity index is 1350. The minimum Gasteiger partial charge on any atom is -0.470 e. The number of benzene rings is 1. The molecule has 14 heteroatoms. The lowest BCUT2D eigenvalue weighted by Crippen LogP contribution is -2.21. The van der Waals surface area contributed by atoms with Crippen LogP contribution in [0.5, 0.6) is 5.75 Å². The monoisotopic (exact) mass is 549 g/mol. The number of esters is 1.